The quantitative estimate of drug-likeness (QED) is 0.876. The van der Waals surface area contributed by atoms with Gasteiger partial charge in [-0.1, -0.05) is 12.1 Å². The molecular formula is C14H18F3NOS. The van der Waals surface area contributed by atoms with Crippen molar-refractivity contribution in [2.24, 2.45) is 0 Å². The van der Waals surface area contributed by atoms with Crippen molar-refractivity contribution < 1.29 is 18.3 Å². The maximum absolute atomic E-state index is 12.4. The number of hydrogen-bond acceptors (Lipinski definition) is 3. The van der Waals surface area contributed by atoms with Crippen molar-refractivity contribution in [1.29, 1.82) is 0 Å². The minimum Gasteiger partial charge on any atom is -0.387 e. The summed E-state index contributed by atoms with van der Waals surface area (Å²) in [6, 6.07) is 4.68. The normalized spacial score (nSPS) is 21.1. The SMILES string of the molecule is OC(CNCC1CCCS1)c1ccc(C(F)(F)F)cc1. The van der Waals surface area contributed by atoms with Crippen LogP contribution in [-0.2, 0) is 6.18 Å². The van der Waals surface area contributed by atoms with Crippen molar-refractivity contribution in [2.75, 3.05) is 18.8 Å². The number of hydrogen-bond donors (Lipinski definition) is 2. The smallest absolute Gasteiger partial charge is 0.387 e. The predicted octanol–water partition coefficient (Wildman–Crippen LogP) is 3.22. The zero-order chi connectivity index (χ0) is 14.6. The molecule has 1 aromatic rings. The summed E-state index contributed by atoms with van der Waals surface area (Å²) in [4.78, 5) is 0. The Hall–Kier alpha value is -0.720. The molecule has 0 aromatic heterocycles. The van der Waals surface area contributed by atoms with Gasteiger partial charge in [-0.3, -0.25) is 0 Å². The maximum Gasteiger partial charge on any atom is 0.416 e. The van der Waals surface area contributed by atoms with Gasteiger partial charge in [0, 0.05) is 18.3 Å². The minimum atomic E-state index is -4.33. The maximum atomic E-state index is 12.4. The highest BCUT2D eigenvalue weighted by atomic mass is 32.2. The standard InChI is InChI=1S/C14H18F3NOS/c15-14(16,17)11-5-3-10(4-6-11)13(19)9-18-8-12-2-1-7-20-12/h3-6,12-13,18-19H,1-2,7-9H2. The van der Waals surface area contributed by atoms with E-state index in [0.29, 0.717) is 17.4 Å². The van der Waals surface area contributed by atoms with E-state index in [-0.39, 0.29) is 0 Å². The van der Waals surface area contributed by atoms with Gasteiger partial charge in [-0.25, -0.2) is 0 Å². The van der Waals surface area contributed by atoms with Gasteiger partial charge in [0.25, 0.3) is 0 Å². The van der Waals surface area contributed by atoms with Gasteiger partial charge < -0.3 is 10.4 Å². The van der Waals surface area contributed by atoms with Crippen molar-refractivity contribution in [2.45, 2.75) is 30.4 Å². The lowest BCUT2D eigenvalue weighted by Gasteiger charge is -2.15. The van der Waals surface area contributed by atoms with Crippen LogP contribution in [0.4, 0.5) is 13.2 Å². The van der Waals surface area contributed by atoms with Crippen LogP contribution < -0.4 is 5.32 Å². The molecule has 1 saturated heterocycles. The van der Waals surface area contributed by atoms with Gasteiger partial charge in [0.05, 0.1) is 11.7 Å². The summed E-state index contributed by atoms with van der Waals surface area (Å²) in [5.41, 5.74) is -0.187. The van der Waals surface area contributed by atoms with Crippen LogP contribution in [0.25, 0.3) is 0 Å². The van der Waals surface area contributed by atoms with E-state index in [9.17, 15) is 18.3 Å². The summed E-state index contributed by atoms with van der Waals surface area (Å²) in [7, 11) is 0. The molecule has 2 nitrogen and oxygen atoms in total. The van der Waals surface area contributed by atoms with E-state index in [2.05, 4.69) is 5.32 Å². The first kappa shape index (κ1) is 15.7. The molecule has 6 heteroatoms. The number of thioether (sulfide) groups is 1. The third-order valence-electron chi connectivity index (χ3n) is 3.36. The number of nitrogens with one attached hydrogen (secondary N) is 1. The van der Waals surface area contributed by atoms with E-state index < -0.39 is 17.8 Å². The topological polar surface area (TPSA) is 32.3 Å². The summed E-state index contributed by atoms with van der Waals surface area (Å²) >= 11 is 1.93. The Kier molecular flexibility index (Phi) is 5.35. The van der Waals surface area contributed by atoms with Crippen LogP contribution in [0.15, 0.2) is 24.3 Å². The second kappa shape index (κ2) is 6.83. The van der Waals surface area contributed by atoms with Gasteiger partial charge in [-0.15, -0.1) is 0 Å². The molecule has 0 amide bonds. The van der Waals surface area contributed by atoms with Crippen LogP contribution in [-0.4, -0.2) is 29.2 Å². The Balaban J connectivity index is 1.81. The van der Waals surface area contributed by atoms with Crippen molar-refractivity contribution >= 4 is 11.8 Å². The van der Waals surface area contributed by atoms with Gasteiger partial charge in [0.1, 0.15) is 0 Å². The Bertz CT molecular complexity index is 415. The Labute approximate surface area is 120 Å². The first-order chi connectivity index (χ1) is 9.47. The fraction of sp³-hybridized carbons (Fsp3) is 0.571. The highest BCUT2D eigenvalue weighted by molar-refractivity contribution is 8.00. The largest absolute Gasteiger partial charge is 0.416 e. The van der Waals surface area contributed by atoms with Gasteiger partial charge in [0.15, 0.2) is 0 Å². The molecule has 1 heterocycles. The van der Waals surface area contributed by atoms with Crippen molar-refractivity contribution in [3.63, 3.8) is 0 Å². The highest BCUT2D eigenvalue weighted by Gasteiger charge is 2.30. The zero-order valence-corrected chi connectivity index (χ0v) is 11.8. The second-order valence-electron chi connectivity index (χ2n) is 4.93. The summed E-state index contributed by atoms with van der Waals surface area (Å²) in [5.74, 6) is 1.19. The van der Waals surface area contributed by atoms with Gasteiger partial charge >= 0.3 is 6.18 Å². The number of alkyl halides is 3. The van der Waals surface area contributed by atoms with E-state index in [0.717, 1.165) is 18.7 Å². The first-order valence-corrected chi connectivity index (χ1v) is 7.69. The average molecular weight is 305 g/mol. The molecule has 0 spiro atoms. The lowest BCUT2D eigenvalue weighted by atomic mass is 10.1. The zero-order valence-electron chi connectivity index (χ0n) is 11.0. The minimum absolute atomic E-state index is 0.364. The molecule has 1 aliphatic heterocycles. The van der Waals surface area contributed by atoms with E-state index in [4.69, 9.17) is 0 Å². The lowest BCUT2D eigenvalue weighted by Crippen LogP contribution is -2.27. The van der Waals surface area contributed by atoms with E-state index in [1.165, 1.54) is 30.7 Å². The van der Waals surface area contributed by atoms with Crippen LogP contribution in [0.1, 0.15) is 30.1 Å². The van der Waals surface area contributed by atoms with Crippen LogP contribution in [0.5, 0.6) is 0 Å². The third-order valence-corrected chi connectivity index (χ3v) is 4.75. The summed E-state index contributed by atoms with van der Waals surface area (Å²) < 4.78 is 37.3. The number of benzene rings is 1. The van der Waals surface area contributed by atoms with Gasteiger partial charge in [-0.05, 0) is 36.3 Å². The van der Waals surface area contributed by atoms with E-state index >= 15 is 0 Å². The first-order valence-electron chi connectivity index (χ1n) is 6.64. The second-order valence-corrected chi connectivity index (χ2v) is 6.34. The van der Waals surface area contributed by atoms with Crippen LogP contribution in [0, 0.1) is 0 Å². The van der Waals surface area contributed by atoms with Crippen molar-refractivity contribution in [1.82, 2.24) is 5.32 Å². The fourth-order valence-electron chi connectivity index (χ4n) is 2.20. The molecule has 1 aliphatic rings. The molecule has 2 N–H and O–H groups in total. The molecule has 1 fully saturated rings. The van der Waals surface area contributed by atoms with Gasteiger partial charge in [-0.2, -0.15) is 24.9 Å². The number of rotatable bonds is 5. The molecule has 2 rings (SSSR count). The third kappa shape index (κ3) is 4.40. The lowest BCUT2D eigenvalue weighted by molar-refractivity contribution is -0.137. The van der Waals surface area contributed by atoms with Crippen LogP contribution in [0.3, 0.4) is 0 Å². The Morgan fingerprint density at radius 3 is 2.55 bits per heavy atom. The van der Waals surface area contributed by atoms with Crippen molar-refractivity contribution in [3.8, 4) is 0 Å². The summed E-state index contributed by atoms with van der Waals surface area (Å²) in [6.07, 6.45) is -2.68. The molecule has 112 valence electrons. The number of aliphatic hydroxyl groups excluding tert-OH is 1. The Morgan fingerprint density at radius 2 is 2.00 bits per heavy atom. The average Bonchev–Trinajstić information content (AvgIpc) is 2.91. The molecular weight excluding hydrogens is 287 g/mol. The number of halogens is 3. The molecule has 1 aromatic carbocycles. The molecule has 20 heavy (non-hydrogen) atoms. The predicted molar refractivity (Wildman–Crippen MR) is 74.8 cm³/mol. The highest BCUT2D eigenvalue weighted by Crippen LogP contribution is 2.30. The molecule has 0 aliphatic carbocycles. The molecule has 2 unspecified atom stereocenters. The summed E-state index contributed by atoms with van der Waals surface area (Å²) in [6.45, 7) is 1.20. The Morgan fingerprint density at radius 1 is 1.30 bits per heavy atom. The molecule has 0 bridgehead atoms. The molecule has 0 saturated carbocycles. The monoisotopic (exact) mass is 305 g/mol. The van der Waals surface area contributed by atoms with E-state index in [1.54, 1.807) is 0 Å². The molecule has 0 radical (unpaired) electrons. The molecule has 2 atom stereocenters. The number of aliphatic hydroxyl groups is 1. The van der Waals surface area contributed by atoms with Crippen molar-refractivity contribution in [3.05, 3.63) is 35.4 Å². The van der Waals surface area contributed by atoms with Gasteiger partial charge in [0.2, 0.25) is 0 Å². The van der Waals surface area contributed by atoms with Crippen LogP contribution in [0.2, 0.25) is 0 Å². The van der Waals surface area contributed by atoms with E-state index in [1.807, 2.05) is 11.8 Å². The fourth-order valence-corrected chi connectivity index (χ4v) is 3.43. The van der Waals surface area contributed by atoms with Crippen LogP contribution >= 0.6 is 11.8 Å². The summed E-state index contributed by atoms with van der Waals surface area (Å²) in [5, 5.41) is 13.7.